The summed E-state index contributed by atoms with van der Waals surface area (Å²) in [4.78, 5) is 24.8. The van der Waals surface area contributed by atoms with Crippen molar-refractivity contribution in [3.63, 3.8) is 0 Å². The highest BCUT2D eigenvalue weighted by Crippen LogP contribution is 2.27. The highest BCUT2D eigenvalue weighted by atomic mass is 32.2. The maximum absolute atomic E-state index is 12.5. The fraction of sp³-hybridized carbons (Fsp3) is 0.200. The van der Waals surface area contributed by atoms with Crippen LogP contribution in [0.4, 0.5) is 11.4 Å². The van der Waals surface area contributed by atoms with Crippen molar-refractivity contribution in [2.24, 2.45) is 0 Å². The Balaban J connectivity index is 1.59. The lowest BCUT2D eigenvalue weighted by Crippen LogP contribution is -2.22. The fourth-order valence-corrected chi connectivity index (χ4v) is 4.38. The smallest absolute Gasteiger partial charge is 0.255 e. The molecule has 0 fully saturated rings. The van der Waals surface area contributed by atoms with E-state index in [2.05, 4.69) is 20.8 Å². The minimum absolute atomic E-state index is 0.144. The van der Waals surface area contributed by atoms with Gasteiger partial charge in [-0.2, -0.15) is 0 Å². The quantitative estimate of drug-likeness (QED) is 0.547. The molecule has 2 amide bonds. The summed E-state index contributed by atoms with van der Waals surface area (Å²) in [5.74, 6) is 0.180. The average molecular weight is 429 g/mol. The Morgan fingerprint density at radius 3 is 2.45 bits per heavy atom. The monoisotopic (exact) mass is 428 g/mol. The molecule has 2 aromatic carbocycles. The predicted octanol–water partition coefficient (Wildman–Crippen LogP) is 4.23. The van der Waals surface area contributed by atoms with Gasteiger partial charge in [0.2, 0.25) is 5.91 Å². The molecular formula is C20H20N4O3S2. The number of amides is 2. The molecule has 0 spiro atoms. The van der Waals surface area contributed by atoms with Gasteiger partial charge >= 0.3 is 0 Å². The number of carbonyl (C=O) groups excluding carboxylic acids is 2. The summed E-state index contributed by atoms with van der Waals surface area (Å²) < 4.78 is 6.00. The lowest BCUT2D eigenvalue weighted by Gasteiger charge is -2.12. The number of carbonyl (C=O) groups is 2. The first-order valence-corrected chi connectivity index (χ1v) is 10.5. The van der Waals surface area contributed by atoms with Crippen LogP contribution in [-0.4, -0.2) is 34.4 Å². The molecule has 0 bridgehead atoms. The average Bonchev–Trinajstić information content (AvgIpc) is 3.13. The molecule has 1 atom stereocenters. The molecule has 1 aromatic heterocycles. The number of para-hydroxylation sites is 2. The van der Waals surface area contributed by atoms with E-state index in [-0.39, 0.29) is 17.1 Å². The van der Waals surface area contributed by atoms with Gasteiger partial charge in [0.15, 0.2) is 4.34 Å². The van der Waals surface area contributed by atoms with Crippen molar-refractivity contribution in [3.05, 3.63) is 59.1 Å². The summed E-state index contributed by atoms with van der Waals surface area (Å²) in [7, 11) is 1.55. The minimum atomic E-state index is -0.323. The summed E-state index contributed by atoms with van der Waals surface area (Å²) in [6.07, 6.45) is 0. The van der Waals surface area contributed by atoms with Crippen LogP contribution in [0.5, 0.6) is 5.75 Å². The van der Waals surface area contributed by atoms with Gasteiger partial charge in [0.25, 0.3) is 5.91 Å². The number of hydrogen-bond donors (Lipinski definition) is 2. The Morgan fingerprint density at radius 2 is 1.79 bits per heavy atom. The number of aromatic nitrogens is 2. The fourth-order valence-electron chi connectivity index (χ4n) is 2.42. The first-order valence-electron chi connectivity index (χ1n) is 8.78. The van der Waals surface area contributed by atoms with Crippen LogP contribution in [0.3, 0.4) is 0 Å². The molecule has 1 heterocycles. The van der Waals surface area contributed by atoms with Gasteiger partial charge in [0.05, 0.1) is 18.0 Å². The van der Waals surface area contributed by atoms with Crippen LogP contribution in [-0.2, 0) is 4.79 Å². The Morgan fingerprint density at radius 1 is 1.07 bits per heavy atom. The third-order valence-corrected chi connectivity index (χ3v) is 5.95. The van der Waals surface area contributed by atoms with Gasteiger partial charge in [-0.05, 0) is 50.2 Å². The van der Waals surface area contributed by atoms with Crippen LogP contribution >= 0.6 is 23.1 Å². The zero-order valence-corrected chi connectivity index (χ0v) is 17.8. The van der Waals surface area contributed by atoms with Gasteiger partial charge in [0.1, 0.15) is 10.8 Å². The summed E-state index contributed by atoms with van der Waals surface area (Å²) in [5.41, 5.74) is 1.68. The van der Waals surface area contributed by atoms with Crippen LogP contribution in [0.15, 0.2) is 52.9 Å². The molecule has 0 saturated heterocycles. The molecule has 1 unspecified atom stereocenters. The van der Waals surface area contributed by atoms with Crippen LogP contribution in [0.25, 0.3) is 0 Å². The first kappa shape index (κ1) is 20.8. The predicted molar refractivity (Wildman–Crippen MR) is 116 cm³/mol. The molecule has 0 aliphatic rings. The Bertz CT molecular complexity index is 1000. The van der Waals surface area contributed by atoms with E-state index in [1.54, 1.807) is 43.5 Å². The molecule has 3 aromatic rings. The van der Waals surface area contributed by atoms with Crippen LogP contribution in [0.2, 0.25) is 0 Å². The second-order valence-corrected chi connectivity index (χ2v) is 8.84. The number of rotatable bonds is 7. The van der Waals surface area contributed by atoms with E-state index >= 15 is 0 Å². The number of ether oxygens (including phenoxy) is 1. The summed E-state index contributed by atoms with van der Waals surface area (Å²) >= 11 is 2.82. The highest BCUT2D eigenvalue weighted by molar-refractivity contribution is 8.02. The van der Waals surface area contributed by atoms with Crippen LogP contribution in [0.1, 0.15) is 22.3 Å². The van der Waals surface area contributed by atoms with Gasteiger partial charge in [-0.15, -0.1) is 10.2 Å². The van der Waals surface area contributed by atoms with Crippen molar-refractivity contribution >= 4 is 46.3 Å². The van der Waals surface area contributed by atoms with Gasteiger partial charge in [-0.1, -0.05) is 35.2 Å². The maximum atomic E-state index is 12.5. The maximum Gasteiger partial charge on any atom is 0.255 e. The lowest BCUT2D eigenvalue weighted by molar-refractivity contribution is -0.115. The number of aryl methyl sites for hydroxylation is 1. The third kappa shape index (κ3) is 5.55. The van der Waals surface area contributed by atoms with Crippen molar-refractivity contribution in [1.82, 2.24) is 10.2 Å². The summed E-state index contributed by atoms with van der Waals surface area (Å²) in [6, 6.07) is 13.9. The van der Waals surface area contributed by atoms with Gasteiger partial charge in [0, 0.05) is 11.3 Å². The van der Waals surface area contributed by atoms with E-state index in [4.69, 9.17) is 4.74 Å². The topological polar surface area (TPSA) is 93.2 Å². The minimum Gasteiger partial charge on any atom is -0.495 e. The number of methoxy groups -OCH3 is 1. The molecule has 0 aliphatic heterocycles. The molecule has 7 nitrogen and oxygen atoms in total. The van der Waals surface area contributed by atoms with Crippen LogP contribution < -0.4 is 15.4 Å². The molecule has 0 saturated carbocycles. The number of benzene rings is 2. The van der Waals surface area contributed by atoms with Crippen molar-refractivity contribution in [1.29, 1.82) is 0 Å². The van der Waals surface area contributed by atoms with E-state index in [0.29, 0.717) is 22.7 Å². The third-order valence-electron chi connectivity index (χ3n) is 3.92. The molecule has 3 rings (SSSR count). The number of anilines is 2. The van der Waals surface area contributed by atoms with Crippen molar-refractivity contribution < 1.29 is 14.3 Å². The van der Waals surface area contributed by atoms with E-state index in [1.165, 1.54) is 23.1 Å². The summed E-state index contributed by atoms with van der Waals surface area (Å²) in [5, 5.41) is 14.2. The molecule has 2 N–H and O–H groups in total. The largest absolute Gasteiger partial charge is 0.495 e. The van der Waals surface area contributed by atoms with E-state index in [1.807, 2.05) is 26.0 Å². The van der Waals surface area contributed by atoms with Crippen molar-refractivity contribution in [2.45, 2.75) is 23.4 Å². The molecule has 0 aliphatic carbocycles. The Hall–Kier alpha value is -2.91. The van der Waals surface area contributed by atoms with E-state index < -0.39 is 0 Å². The lowest BCUT2D eigenvalue weighted by atomic mass is 10.2. The van der Waals surface area contributed by atoms with Crippen molar-refractivity contribution in [2.75, 3.05) is 17.7 Å². The second kappa shape index (κ2) is 9.53. The molecule has 9 heteroatoms. The van der Waals surface area contributed by atoms with Crippen LogP contribution in [0, 0.1) is 6.92 Å². The zero-order chi connectivity index (χ0) is 20.8. The molecule has 0 radical (unpaired) electrons. The first-order chi connectivity index (χ1) is 14.0. The van der Waals surface area contributed by atoms with Gasteiger partial charge in [-0.25, -0.2) is 0 Å². The number of nitrogens with zero attached hydrogens (tertiary/aromatic N) is 2. The van der Waals surface area contributed by atoms with Crippen molar-refractivity contribution in [3.8, 4) is 5.75 Å². The highest BCUT2D eigenvalue weighted by Gasteiger charge is 2.17. The standard InChI is InChI=1S/C20H20N4O3S2/c1-12(28-20-24-23-13(2)29-20)18(25)21-15-10-8-14(9-11-15)19(26)22-16-6-4-5-7-17(16)27-3/h4-12H,1-3H3,(H,21,25)(H,22,26). The van der Waals surface area contributed by atoms with E-state index in [9.17, 15) is 9.59 Å². The van der Waals surface area contributed by atoms with Gasteiger partial charge in [-0.3, -0.25) is 9.59 Å². The normalized spacial score (nSPS) is 11.6. The molecule has 150 valence electrons. The zero-order valence-electron chi connectivity index (χ0n) is 16.1. The number of nitrogens with one attached hydrogen (secondary N) is 2. The number of thioether (sulfide) groups is 1. The Labute approximate surface area is 176 Å². The van der Waals surface area contributed by atoms with Gasteiger partial charge < -0.3 is 15.4 Å². The SMILES string of the molecule is COc1ccccc1NC(=O)c1ccc(NC(=O)C(C)Sc2nnc(C)s2)cc1. The summed E-state index contributed by atoms with van der Waals surface area (Å²) in [6.45, 7) is 3.68. The molecule has 29 heavy (non-hydrogen) atoms. The number of hydrogen-bond acceptors (Lipinski definition) is 7. The Kier molecular flexibility index (Phi) is 6.84. The molecular weight excluding hydrogens is 408 g/mol. The van der Waals surface area contributed by atoms with E-state index in [0.717, 1.165) is 9.35 Å². The second-order valence-electron chi connectivity index (χ2n) is 6.07.